The molecule has 10 heteroatoms. The Kier molecular flexibility index (Phi) is 5.14. The SMILES string of the molecule is NC(CC1CCNC1=O)C(=O)COc1ccnc(C(F)(F)F)n1. The molecule has 1 amide bonds. The van der Waals surface area contributed by atoms with E-state index in [1.165, 1.54) is 0 Å². The third-order valence-corrected chi connectivity index (χ3v) is 3.36. The van der Waals surface area contributed by atoms with Crippen molar-refractivity contribution in [1.29, 1.82) is 0 Å². The highest BCUT2D eigenvalue weighted by Gasteiger charge is 2.35. The van der Waals surface area contributed by atoms with Crippen LogP contribution in [-0.4, -0.2) is 40.9 Å². The number of alkyl halides is 3. The minimum absolute atomic E-state index is 0.153. The van der Waals surface area contributed by atoms with E-state index in [4.69, 9.17) is 10.5 Å². The average molecular weight is 332 g/mol. The van der Waals surface area contributed by atoms with Crippen molar-refractivity contribution in [3.05, 3.63) is 18.1 Å². The lowest BCUT2D eigenvalue weighted by Gasteiger charge is -2.14. The Balaban J connectivity index is 1.87. The second-order valence-electron chi connectivity index (χ2n) is 5.09. The fraction of sp³-hybridized carbons (Fsp3) is 0.538. The first-order valence-electron chi connectivity index (χ1n) is 6.86. The van der Waals surface area contributed by atoms with Crippen molar-refractivity contribution < 1.29 is 27.5 Å². The van der Waals surface area contributed by atoms with E-state index in [-0.39, 0.29) is 24.1 Å². The van der Waals surface area contributed by atoms with E-state index >= 15 is 0 Å². The second kappa shape index (κ2) is 6.90. The van der Waals surface area contributed by atoms with Crippen LogP contribution in [0.5, 0.6) is 5.88 Å². The van der Waals surface area contributed by atoms with Crippen LogP contribution in [0.2, 0.25) is 0 Å². The lowest BCUT2D eigenvalue weighted by atomic mass is 9.97. The van der Waals surface area contributed by atoms with Crippen molar-refractivity contribution in [1.82, 2.24) is 15.3 Å². The highest BCUT2D eigenvalue weighted by atomic mass is 19.4. The first-order chi connectivity index (χ1) is 10.8. The molecule has 1 aromatic heterocycles. The summed E-state index contributed by atoms with van der Waals surface area (Å²) in [6.07, 6.45) is -3.04. The molecule has 0 saturated carbocycles. The Morgan fingerprint density at radius 1 is 1.52 bits per heavy atom. The van der Waals surface area contributed by atoms with Gasteiger partial charge < -0.3 is 15.8 Å². The number of aromatic nitrogens is 2. The molecule has 23 heavy (non-hydrogen) atoms. The van der Waals surface area contributed by atoms with Gasteiger partial charge >= 0.3 is 6.18 Å². The van der Waals surface area contributed by atoms with Gasteiger partial charge in [-0.2, -0.15) is 18.2 Å². The molecule has 2 atom stereocenters. The molecule has 0 aliphatic carbocycles. The molecule has 0 aromatic carbocycles. The van der Waals surface area contributed by atoms with E-state index in [2.05, 4.69) is 15.3 Å². The van der Waals surface area contributed by atoms with Gasteiger partial charge in [0.1, 0.15) is 6.61 Å². The number of ketones is 1. The summed E-state index contributed by atoms with van der Waals surface area (Å²) in [4.78, 5) is 29.5. The van der Waals surface area contributed by atoms with Crippen LogP contribution in [0.1, 0.15) is 18.7 Å². The largest absolute Gasteiger partial charge is 0.470 e. The summed E-state index contributed by atoms with van der Waals surface area (Å²) in [6.45, 7) is 0.0197. The van der Waals surface area contributed by atoms with Crippen LogP contribution in [0.4, 0.5) is 13.2 Å². The molecule has 1 fully saturated rings. The van der Waals surface area contributed by atoms with E-state index in [1.54, 1.807) is 0 Å². The molecule has 1 saturated heterocycles. The third-order valence-electron chi connectivity index (χ3n) is 3.36. The van der Waals surface area contributed by atoms with Crippen LogP contribution >= 0.6 is 0 Å². The number of Topliss-reactive ketones (excluding diaryl/α,β-unsaturated/α-hetero) is 1. The molecule has 2 heterocycles. The van der Waals surface area contributed by atoms with Crippen LogP contribution < -0.4 is 15.8 Å². The van der Waals surface area contributed by atoms with Crippen molar-refractivity contribution in [2.75, 3.05) is 13.2 Å². The highest BCUT2D eigenvalue weighted by Crippen LogP contribution is 2.26. The number of ether oxygens (including phenoxy) is 1. The maximum atomic E-state index is 12.5. The van der Waals surface area contributed by atoms with Crippen molar-refractivity contribution in [3.8, 4) is 5.88 Å². The predicted molar refractivity (Wildman–Crippen MR) is 71.2 cm³/mol. The van der Waals surface area contributed by atoms with Crippen LogP contribution in [0.25, 0.3) is 0 Å². The van der Waals surface area contributed by atoms with E-state index in [9.17, 15) is 22.8 Å². The van der Waals surface area contributed by atoms with Crippen LogP contribution in [0.15, 0.2) is 12.3 Å². The number of rotatable bonds is 6. The summed E-state index contributed by atoms with van der Waals surface area (Å²) in [5.41, 5.74) is 5.70. The zero-order valence-corrected chi connectivity index (χ0v) is 12.0. The summed E-state index contributed by atoms with van der Waals surface area (Å²) in [6, 6.07) is 0.186. The third kappa shape index (κ3) is 4.62. The fourth-order valence-corrected chi connectivity index (χ4v) is 2.12. The Morgan fingerprint density at radius 3 is 2.87 bits per heavy atom. The van der Waals surface area contributed by atoms with E-state index in [0.717, 1.165) is 12.3 Å². The van der Waals surface area contributed by atoms with Crippen molar-refractivity contribution in [2.45, 2.75) is 25.1 Å². The van der Waals surface area contributed by atoms with Crippen molar-refractivity contribution in [2.24, 2.45) is 11.7 Å². The summed E-state index contributed by atoms with van der Waals surface area (Å²) in [5.74, 6) is -2.72. The predicted octanol–water partition coefficient (Wildman–Crippen LogP) is 0.297. The molecule has 126 valence electrons. The number of nitrogens with one attached hydrogen (secondary N) is 1. The lowest BCUT2D eigenvalue weighted by molar-refractivity contribution is -0.145. The van der Waals surface area contributed by atoms with Gasteiger partial charge in [0.25, 0.3) is 0 Å². The lowest BCUT2D eigenvalue weighted by Crippen LogP contribution is -2.37. The zero-order valence-electron chi connectivity index (χ0n) is 12.0. The maximum absolute atomic E-state index is 12.5. The van der Waals surface area contributed by atoms with Gasteiger partial charge in [-0.15, -0.1) is 0 Å². The number of carbonyl (C=O) groups is 2. The van der Waals surface area contributed by atoms with E-state index < -0.39 is 30.4 Å². The molecule has 0 bridgehead atoms. The number of nitrogens with two attached hydrogens (primary N) is 1. The molecule has 0 radical (unpaired) electrons. The standard InChI is InChI=1S/C13H15F3N4O3/c14-13(15,16)12-19-4-2-10(20-12)23-6-9(21)8(17)5-7-1-3-18-11(7)22/h2,4,7-8H,1,3,5-6,17H2,(H,18,22). The molecule has 3 N–H and O–H groups in total. The Hall–Kier alpha value is -2.23. The second-order valence-corrected chi connectivity index (χ2v) is 5.09. The molecule has 1 aromatic rings. The van der Waals surface area contributed by atoms with Crippen LogP contribution in [0.3, 0.4) is 0 Å². The van der Waals surface area contributed by atoms with Gasteiger partial charge in [-0.3, -0.25) is 9.59 Å². The maximum Gasteiger partial charge on any atom is 0.451 e. The molecule has 0 spiro atoms. The van der Waals surface area contributed by atoms with Crippen molar-refractivity contribution in [3.63, 3.8) is 0 Å². The van der Waals surface area contributed by atoms with E-state index in [1.807, 2.05) is 0 Å². The molecule has 2 unspecified atom stereocenters. The number of hydrogen-bond donors (Lipinski definition) is 2. The summed E-state index contributed by atoms with van der Waals surface area (Å²) < 4.78 is 42.3. The zero-order chi connectivity index (χ0) is 17.0. The van der Waals surface area contributed by atoms with Crippen molar-refractivity contribution >= 4 is 11.7 Å². The number of nitrogens with zero attached hydrogens (tertiary/aromatic N) is 2. The van der Waals surface area contributed by atoms with Crippen LogP contribution in [-0.2, 0) is 15.8 Å². The van der Waals surface area contributed by atoms with Gasteiger partial charge in [0.05, 0.1) is 6.04 Å². The van der Waals surface area contributed by atoms with Gasteiger partial charge in [-0.1, -0.05) is 0 Å². The first-order valence-corrected chi connectivity index (χ1v) is 6.86. The molecule has 2 rings (SSSR count). The van der Waals surface area contributed by atoms with Gasteiger partial charge in [0.2, 0.25) is 17.6 Å². The Morgan fingerprint density at radius 2 is 2.26 bits per heavy atom. The minimum atomic E-state index is -4.70. The van der Waals surface area contributed by atoms with Gasteiger partial charge in [0, 0.05) is 24.7 Å². The summed E-state index contributed by atoms with van der Waals surface area (Å²) in [7, 11) is 0. The molecule has 7 nitrogen and oxygen atoms in total. The normalized spacial score (nSPS) is 19.3. The minimum Gasteiger partial charge on any atom is -0.470 e. The first kappa shape index (κ1) is 17.1. The van der Waals surface area contributed by atoms with Gasteiger partial charge in [-0.05, 0) is 12.8 Å². The molecule has 1 aliphatic heterocycles. The van der Waals surface area contributed by atoms with Gasteiger partial charge in [0.15, 0.2) is 5.78 Å². The topological polar surface area (TPSA) is 107 Å². The monoisotopic (exact) mass is 332 g/mol. The molecular weight excluding hydrogens is 317 g/mol. The number of carbonyl (C=O) groups excluding carboxylic acids is 2. The number of halogens is 3. The smallest absolute Gasteiger partial charge is 0.451 e. The Bertz CT molecular complexity index is 594. The number of hydrogen-bond acceptors (Lipinski definition) is 6. The molecule has 1 aliphatic rings. The quantitative estimate of drug-likeness (QED) is 0.776. The van der Waals surface area contributed by atoms with Gasteiger partial charge in [-0.25, -0.2) is 4.98 Å². The van der Waals surface area contributed by atoms with Crippen LogP contribution in [0, 0.1) is 5.92 Å². The Labute approximate surface area is 129 Å². The summed E-state index contributed by atoms with van der Waals surface area (Å²) >= 11 is 0. The molecular formula is C13H15F3N4O3. The average Bonchev–Trinajstić information content (AvgIpc) is 2.89. The van der Waals surface area contributed by atoms with E-state index in [0.29, 0.717) is 13.0 Å². The summed E-state index contributed by atoms with van der Waals surface area (Å²) in [5, 5.41) is 2.63. The number of amides is 1. The highest BCUT2D eigenvalue weighted by molar-refractivity contribution is 5.87. The fourth-order valence-electron chi connectivity index (χ4n) is 2.12.